The maximum atomic E-state index is 12.3. The van der Waals surface area contributed by atoms with E-state index in [4.69, 9.17) is 17.3 Å². The highest BCUT2D eigenvalue weighted by atomic mass is 35.5. The molecule has 0 radical (unpaired) electrons. The van der Waals surface area contributed by atoms with Crippen LogP contribution in [0.3, 0.4) is 0 Å². The SMILES string of the molecule is Cc1ccc(Cl)cc1NC(=O)c1cccc(C#CCN)c1. The van der Waals surface area contributed by atoms with Crippen molar-refractivity contribution in [1.82, 2.24) is 0 Å². The minimum absolute atomic E-state index is 0.197. The Bertz CT molecular complexity index is 729. The summed E-state index contributed by atoms with van der Waals surface area (Å²) < 4.78 is 0. The van der Waals surface area contributed by atoms with Gasteiger partial charge in [0.15, 0.2) is 0 Å². The van der Waals surface area contributed by atoms with Gasteiger partial charge in [0.05, 0.1) is 6.54 Å². The zero-order valence-electron chi connectivity index (χ0n) is 11.6. The number of hydrogen-bond donors (Lipinski definition) is 2. The molecule has 2 rings (SSSR count). The lowest BCUT2D eigenvalue weighted by molar-refractivity contribution is 0.102. The van der Waals surface area contributed by atoms with Crippen LogP contribution in [0.2, 0.25) is 5.02 Å². The summed E-state index contributed by atoms with van der Waals surface area (Å²) in [6.07, 6.45) is 0. The smallest absolute Gasteiger partial charge is 0.255 e. The Morgan fingerprint density at radius 1 is 1.29 bits per heavy atom. The van der Waals surface area contributed by atoms with Gasteiger partial charge < -0.3 is 11.1 Å². The first-order valence-corrected chi connectivity index (χ1v) is 6.84. The molecule has 0 bridgehead atoms. The second-order valence-electron chi connectivity index (χ2n) is 4.50. The van der Waals surface area contributed by atoms with Crippen molar-refractivity contribution in [3.8, 4) is 11.8 Å². The van der Waals surface area contributed by atoms with Gasteiger partial charge in [-0.05, 0) is 42.8 Å². The summed E-state index contributed by atoms with van der Waals surface area (Å²) in [4.78, 5) is 12.3. The molecule has 0 heterocycles. The van der Waals surface area contributed by atoms with Gasteiger partial charge in [-0.1, -0.05) is 35.6 Å². The van der Waals surface area contributed by atoms with Crippen molar-refractivity contribution in [3.63, 3.8) is 0 Å². The average Bonchev–Trinajstić information content (AvgIpc) is 2.49. The fraction of sp³-hybridized carbons (Fsp3) is 0.118. The molecule has 106 valence electrons. The van der Waals surface area contributed by atoms with Crippen LogP contribution in [0.25, 0.3) is 0 Å². The molecule has 4 heteroatoms. The Labute approximate surface area is 129 Å². The number of benzene rings is 2. The molecular formula is C17H15ClN2O. The number of halogens is 1. The zero-order chi connectivity index (χ0) is 15.2. The van der Waals surface area contributed by atoms with Gasteiger partial charge in [-0.25, -0.2) is 0 Å². The Morgan fingerprint density at radius 2 is 2.10 bits per heavy atom. The Morgan fingerprint density at radius 3 is 2.86 bits per heavy atom. The Balaban J connectivity index is 2.22. The molecule has 0 saturated carbocycles. The minimum atomic E-state index is -0.197. The largest absolute Gasteiger partial charge is 0.322 e. The van der Waals surface area contributed by atoms with Crippen molar-refractivity contribution in [2.24, 2.45) is 5.73 Å². The van der Waals surface area contributed by atoms with E-state index < -0.39 is 0 Å². The molecule has 0 aliphatic rings. The number of nitrogens with one attached hydrogen (secondary N) is 1. The minimum Gasteiger partial charge on any atom is -0.322 e. The van der Waals surface area contributed by atoms with Crippen molar-refractivity contribution >= 4 is 23.2 Å². The predicted molar refractivity (Wildman–Crippen MR) is 86.5 cm³/mol. The van der Waals surface area contributed by atoms with E-state index in [9.17, 15) is 4.79 Å². The highest BCUT2D eigenvalue weighted by molar-refractivity contribution is 6.31. The molecule has 2 aromatic carbocycles. The molecule has 1 amide bonds. The van der Waals surface area contributed by atoms with E-state index in [-0.39, 0.29) is 12.5 Å². The van der Waals surface area contributed by atoms with E-state index >= 15 is 0 Å². The van der Waals surface area contributed by atoms with Gasteiger partial charge in [0.25, 0.3) is 5.91 Å². The normalized spacial score (nSPS) is 9.67. The monoisotopic (exact) mass is 298 g/mol. The molecule has 0 aromatic heterocycles. The van der Waals surface area contributed by atoms with Gasteiger partial charge in [-0.15, -0.1) is 0 Å². The van der Waals surface area contributed by atoms with E-state index in [1.807, 2.05) is 19.1 Å². The summed E-state index contributed by atoms with van der Waals surface area (Å²) in [5, 5.41) is 3.44. The van der Waals surface area contributed by atoms with Gasteiger partial charge in [0, 0.05) is 21.8 Å². The summed E-state index contributed by atoms with van der Waals surface area (Å²) in [5.41, 5.74) is 8.29. The third-order valence-electron chi connectivity index (χ3n) is 2.91. The van der Waals surface area contributed by atoms with E-state index in [0.29, 0.717) is 16.3 Å². The van der Waals surface area contributed by atoms with Gasteiger partial charge in [-0.2, -0.15) is 0 Å². The second kappa shape index (κ2) is 6.94. The van der Waals surface area contributed by atoms with Crippen LogP contribution in [-0.4, -0.2) is 12.5 Å². The lowest BCUT2D eigenvalue weighted by Crippen LogP contribution is -2.12. The molecule has 21 heavy (non-hydrogen) atoms. The van der Waals surface area contributed by atoms with Crippen LogP contribution in [0.4, 0.5) is 5.69 Å². The highest BCUT2D eigenvalue weighted by Gasteiger charge is 2.08. The maximum absolute atomic E-state index is 12.3. The third-order valence-corrected chi connectivity index (χ3v) is 3.14. The van der Waals surface area contributed by atoms with E-state index in [2.05, 4.69) is 17.2 Å². The van der Waals surface area contributed by atoms with Crippen molar-refractivity contribution in [2.45, 2.75) is 6.92 Å². The van der Waals surface area contributed by atoms with Crippen molar-refractivity contribution in [1.29, 1.82) is 0 Å². The van der Waals surface area contributed by atoms with Crippen LogP contribution in [0.15, 0.2) is 42.5 Å². The summed E-state index contributed by atoms with van der Waals surface area (Å²) in [6.45, 7) is 2.20. The van der Waals surface area contributed by atoms with Crippen molar-refractivity contribution in [3.05, 3.63) is 64.2 Å². The van der Waals surface area contributed by atoms with Crippen LogP contribution in [-0.2, 0) is 0 Å². The number of carbonyl (C=O) groups is 1. The third kappa shape index (κ3) is 4.09. The first kappa shape index (κ1) is 15.1. The van der Waals surface area contributed by atoms with Crippen LogP contribution in [0, 0.1) is 18.8 Å². The van der Waals surface area contributed by atoms with Gasteiger partial charge in [0.1, 0.15) is 0 Å². The van der Waals surface area contributed by atoms with Crippen LogP contribution in [0.5, 0.6) is 0 Å². The quantitative estimate of drug-likeness (QED) is 0.837. The Kier molecular flexibility index (Phi) is 4.99. The van der Waals surface area contributed by atoms with E-state index in [1.54, 1.807) is 30.3 Å². The van der Waals surface area contributed by atoms with Gasteiger partial charge in [-0.3, -0.25) is 4.79 Å². The highest BCUT2D eigenvalue weighted by Crippen LogP contribution is 2.21. The zero-order valence-corrected chi connectivity index (χ0v) is 12.4. The summed E-state index contributed by atoms with van der Waals surface area (Å²) in [5.74, 6) is 5.48. The number of nitrogens with two attached hydrogens (primary N) is 1. The molecule has 3 N–H and O–H groups in total. The molecule has 0 saturated heterocycles. The number of anilines is 1. The lowest BCUT2D eigenvalue weighted by atomic mass is 10.1. The number of aryl methyl sites for hydroxylation is 1. The number of rotatable bonds is 2. The van der Waals surface area contributed by atoms with Crippen LogP contribution < -0.4 is 11.1 Å². The van der Waals surface area contributed by atoms with Crippen molar-refractivity contribution in [2.75, 3.05) is 11.9 Å². The standard InChI is InChI=1S/C17H15ClN2O/c1-12-7-8-15(18)11-16(12)20-17(21)14-6-2-4-13(10-14)5-3-9-19/h2,4,6-8,10-11H,9,19H2,1H3,(H,20,21). The molecule has 0 spiro atoms. The number of amides is 1. The van der Waals surface area contributed by atoms with Crippen molar-refractivity contribution < 1.29 is 4.79 Å². The topological polar surface area (TPSA) is 55.1 Å². The summed E-state index contributed by atoms with van der Waals surface area (Å²) >= 11 is 5.95. The van der Waals surface area contributed by atoms with Crippen LogP contribution >= 0.6 is 11.6 Å². The average molecular weight is 299 g/mol. The molecule has 0 aliphatic carbocycles. The van der Waals surface area contributed by atoms with Gasteiger partial charge in [0.2, 0.25) is 0 Å². The molecule has 0 unspecified atom stereocenters. The maximum Gasteiger partial charge on any atom is 0.255 e. The summed E-state index contributed by atoms with van der Waals surface area (Å²) in [7, 11) is 0. The van der Waals surface area contributed by atoms with E-state index in [1.165, 1.54) is 0 Å². The second-order valence-corrected chi connectivity index (χ2v) is 4.94. The predicted octanol–water partition coefficient (Wildman–Crippen LogP) is 3.21. The first-order valence-electron chi connectivity index (χ1n) is 6.46. The fourth-order valence-electron chi connectivity index (χ4n) is 1.81. The van der Waals surface area contributed by atoms with E-state index in [0.717, 1.165) is 11.1 Å². The summed E-state index contributed by atoms with van der Waals surface area (Å²) in [6, 6.07) is 12.5. The molecule has 2 aromatic rings. The number of hydrogen-bond acceptors (Lipinski definition) is 2. The fourth-order valence-corrected chi connectivity index (χ4v) is 1.99. The Hall–Kier alpha value is -2.28. The first-order chi connectivity index (χ1) is 10.1. The molecule has 0 fully saturated rings. The lowest BCUT2D eigenvalue weighted by Gasteiger charge is -2.09. The molecule has 0 aliphatic heterocycles. The van der Waals surface area contributed by atoms with Gasteiger partial charge >= 0.3 is 0 Å². The molecule has 3 nitrogen and oxygen atoms in total. The molecule has 0 atom stereocenters. The molecular weight excluding hydrogens is 284 g/mol. The number of carbonyl (C=O) groups excluding carboxylic acids is 1. The van der Waals surface area contributed by atoms with Crippen LogP contribution in [0.1, 0.15) is 21.5 Å².